The third-order valence-electron chi connectivity index (χ3n) is 3.47. The average Bonchev–Trinajstić information content (AvgIpc) is 2.69. The SMILES string of the molecule is C#CCOc1ccc(C=C(C#N)C(=O)NCc2ccccc2)cc1OC. The van der Waals surface area contributed by atoms with Crippen LogP contribution in [0, 0.1) is 23.7 Å². The molecule has 0 aliphatic heterocycles. The van der Waals surface area contributed by atoms with Crippen molar-refractivity contribution < 1.29 is 14.3 Å². The zero-order valence-corrected chi connectivity index (χ0v) is 14.4. The maximum Gasteiger partial charge on any atom is 0.262 e. The molecule has 0 fully saturated rings. The van der Waals surface area contributed by atoms with Gasteiger partial charge in [-0.05, 0) is 29.3 Å². The molecule has 130 valence electrons. The molecule has 2 rings (SSSR count). The van der Waals surface area contributed by atoms with Crippen LogP contribution in [0.3, 0.4) is 0 Å². The second kappa shape index (κ2) is 9.56. The highest BCUT2D eigenvalue weighted by Gasteiger charge is 2.10. The van der Waals surface area contributed by atoms with Gasteiger partial charge in [-0.3, -0.25) is 4.79 Å². The van der Waals surface area contributed by atoms with Gasteiger partial charge < -0.3 is 14.8 Å². The van der Waals surface area contributed by atoms with Crippen LogP contribution in [-0.4, -0.2) is 19.6 Å². The molecule has 0 saturated heterocycles. The second-order valence-electron chi connectivity index (χ2n) is 5.24. The quantitative estimate of drug-likeness (QED) is 0.475. The lowest BCUT2D eigenvalue weighted by Crippen LogP contribution is -2.23. The summed E-state index contributed by atoms with van der Waals surface area (Å²) in [5.74, 6) is 2.90. The van der Waals surface area contributed by atoms with Gasteiger partial charge in [0.15, 0.2) is 11.5 Å². The van der Waals surface area contributed by atoms with Crippen molar-refractivity contribution in [2.75, 3.05) is 13.7 Å². The normalized spacial score (nSPS) is 10.3. The molecule has 0 aromatic heterocycles. The molecular formula is C21H18N2O3. The van der Waals surface area contributed by atoms with Crippen molar-refractivity contribution in [3.63, 3.8) is 0 Å². The molecule has 0 saturated carbocycles. The summed E-state index contributed by atoms with van der Waals surface area (Å²) in [5, 5.41) is 12.0. The zero-order valence-electron chi connectivity index (χ0n) is 14.4. The van der Waals surface area contributed by atoms with Crippen molar-refractivity contribution in [1.29, 1.82) is 5.26 Å². The van der Waals surface area contributed by atoms with Crippen LogP contribution in [0.2, 0.25) is 0 Å². The first-order valence-corrected chi connectivity index (χ1v) is 7.86. The fraction of sp³-hybridized carbons (Fsp3) is 0.143. The van der Waals surface area contributed by atoms with Crippen molar-refractivity contribution in [2.45, 2.75) is 6.54 Å². The lowest BCUT2D eigenvalue weighted by Gasteiger charge is -2.09. The molecule has 0 aliphatic rings. The summed E-state index contributed by atoms with van der Waals surface area (Å²) in [6, 6.07) is 16.5. The van der Waals surface area contributed by atoms with E-state index < -0.39 is 5.91 Å². The van der Waals surface area contributed by atoms with Crippen LogP contribution >= 0.6 is 0 Å². The van der Waals surface area contributed by atoms with Crippen LogP contribution in [-0.2, 0) is 11.3 Å². The van der Waals surface area contributed by atoms with Crippen molar-refractivity contribution >= 4 is 12.0 Å². The molecule has 1 N–H and O–H groups in total. The summed E-state index contributed by atoms with van der Waals surface area (Å²) in [6.45, 7) is 0.470. The van der Waals surface area contributed by atoms with Crippen molar-refractivity contribution in [2.24, 2.45) is 0 Å². The molecule has 2 aromatic rings. The van der Waals surface area contributed by atoms with E-state index in [1.165, 1.54) is 13.2 Å². The van der Waals surface area contributed by atoms with Gasteiger partial charge in [0.05, 0.1) is 7.11 Å². The molecule has 0 bridgehead atoms. The number of carbonyl (C=O) groups excluding carboxylic acids is 1. The van der Waals surface area contributed by atoms with Crippen LogP contribution < -0.4 is 14.8 Å². The Kier molecular flexibility index (Phi) is 6.85. The van der Waals surface area contributed by atoms with E-state index in [1.54, 1.807) is 18.2 Å². The van der Waals surface area contributed by atoms with E-state index >= 15 is 0 Å². The number of nitrogens with zero attached hydrogens (tertiary/aromatic N) is 1. The minimum atomic E-state index is -0.442. The molecule has 0 aliphatic carbocycles. The smallest absolute Gasteiger partial charge is 0.262 e. The highest BCUT2D eigenvalue weighted by molar-refractivity contribution is 6.01. The lowest BCUT2D eigenvalue weighted by molar-refractivity contribution is -0.117. The minimum Gasteiger partial charge on any atom is -0.493 e. The Hall–Kier alpha value is -3.70. The number of nitriles is 1. The summed E-state index contributed by atoms with van der Waals surface area (Å²) >= 11 is 0. The number of carbonyl (C=O) groups is 1. The Morgan fingerprint density at radius 2 is 2.00 bits per heavy atom. The molecule has 2 aromatic carbocycles. The van der Waals surface area contributed by atoms with Gasteiger partial charge in [0.2, 0.25) is 0 Å². The van der Waals surface area contributed by atoms with E-state index in [9.17, 15) is 10.1 Å². The molecule has 1 amide bonds. The van der Waals surface area contributed by atoms with Crippen LogP contribution in [0.5, 0.6) is 11.5 Å². The Morgan fingerprint density at radius 1 is 1.23 bits per heavy atom. The van der Waals surface area contributed by atoms with Gasteiger partial charge in [-0.2, -0.15) is 5.26 Å². The average molecular weight is 346 g/mol. The Bertz CT molecular complexity index is 874. The van der Waals surface area contributed by atoms with Gasteiger partial charge in [0, 0.05) is 6.54 Å². The molecule has 0 spiro atoms. The largest absolute Gasteiger partial charge is 0.493 e. The number of amides is 1. The first kappa shape index (κ1) is 18.6. The van der Waals surface area contributed by atoms with Gasteiger partial charge in [0.25, 0.3) is 5.91 Å². The van der Waals surface area contributed by atoms with E-state index in [-0.39, 0.29) is 12.2 Å². The van der Waals surface area contributed by atoms with Gasteiger partial charge in [-0.25, -0.2) is 0 Å². The molecule has 0 radical (unpaired) electrons. The Labute approximate surface area is 152 Å². The molecule has 0 atom stereocenters. The maximum absolute atomic E-state index is 12.2. The second-order valence-corrected chi connectivity index (χ2v) is 5.24. The highest BCUT2D eigenvalue weighted by Crippen LogP contribution is 2.28. The van der Waals surface area contributed by atoms with Crippen molar-refractivity contribution in [1.82, 2.24) is 5.32 Å². The monoisotopic (exact) mass is 346 g/mol. The van der Waals surface area contributed by atoms with E-state index in [0.717, 1.165) is 5.56 Å². The number of rotatable bonds is 7. The van der Waals surface area contributed by atoms with Crippen molar-refractivity contribution in [3.8, 4) is 29.9 Å². The molecule has 0 heterocycles. The van der Waals surface area contributed by atoms with Crippen LogP contribution in [0.1, 0.15) is 11.1 Å². The van der Waals surface area contributed by atoms with E-state index in [4.69, 9.17) is 15.9 Å². The summed E-state index contributed by atoms with van der Waals surface area (Å²) in [4.78, 5) is 12.2. The number of hydrogen-bond acceptors (Lipinski definition) is 4. The van der Waals surface area contributed by atoms with Crippen molar-refractivity contribution in [3.05, 3.63) is 65.2 Å². The van der Waals surface area contributed by atoms with Crippen LogP contribution in [0.25, 0.3) is 6.08 Å². The van der Waals surface area contributed by atoms with Crippen LogP contribution in [0.15, 0.2) is 54.1 Å². The molecule has 5 heteroatoms. The molecule has 5 nitrogen and oxygen atoms in total. The lowest BCUT2D eigenvalue weighted by atomic mass is 10.1. The predicted octanol–water partition coefficient (Wildman–Crippen LogP) is 2.93. The number of nitrogens with one attached hydrogen (secondary N) is 1. The summed E-state index contributed by atoms with van der Waals surface area (Å²) in [5.41, 5.74) is 1.59. The maximum atomic E-state index is 12.2. The third-order valence-corrected chi connectivity index (χ3v) is 3.47. The predicted molar refractivity (Wildman–Crippen MR) is 99.2 cm³/mol. The first-order valence-electron chi connectivity index (χ1n) is 7.86. The minimum absolute atomic E-state index is 0.000257. The highest BCUT2D eigenvalue weighted by atomic mass is 16.5. The Balaban J connectivity index is 2.13. The van der Waals surface area contributed by atoms with E-state index in [1.807, 2.05) is 36.4 Å². The fourth-order valence-corrected chi connectivity index (χ4v) is 2.20. The molecule has 26 heavy (non-hydrogen) atoms. The van der Waals surface area contributed by atoms with E-state index in [0.29, 0.717) is 23.6 Å². The zero-order chi connectivity index (χ0) is 18.8. The fourth-order valence-electron chi connectivity index (χ4n) is 2.20. The van der Waals surface area contributed by atoms with Gasteiger partial charge in [-0.1, -0.05) is 42.3 Å². The van der Waals surface area contributed by atoms with Gasteiger partial charge >= 0.3 is 0 Å². The van der Waals surface area contributed by atoms with Gasteiger partial charge in [0.1, 0.15) is 18.2 Å². The number of terminal acetylenes is 1. The van der Waals surface area contributed by atoms with Crippen LogP contribution in [0.4, 0.5) is 0 Å². The summed E-state index contributed by atoms with van der Waals surface area (Å²) < 4.78 is 10.6. The summed E-state index contributed by atoms with van der Waals surface area (Å²) in [7, 11) is 1.50. The number of methoxy groups -OCH3 is 1. The Morgan fingerprint density at radius 3 is 2.65 bits per heavy atom. The first-order chi connectivity index (χ1) is 12.7. The molecular weight excluding hydrogens is 328 g/mol. The summed E-state index contributed by atoms with van der Waals surface area (Å²) in [6.07, 6.45) is 6.67. The third kappa shape index (κ3) is 5.15. The number of benzene rings is 2. The van der Waals surface area contributed by atoms with Gasteiger partial charge in [-0.15, -0.1) is 6.42 Å². The standard InChI is InChI=1S/C21H18N2O3/c1-3-11-26-19-10-9-17(13-20(19)25-2)12-18(14-22)21(24)23-15-16-7-5-4-6-8-16/h1,4-10,12-13H,11,15H2,2H3,(H,23,24). The molecule has 0 unspecified atom stereocenters. The van der Waals surface area contributed by atoms with E-state index in [2.05, 4.69) is 11.2 Å². The number of hydrogen-bond donors (Lipinski definition) is 1. The topological polar surface area (TPSA) is 71.3 Å². The number of ether oxygens (including phenoxy) is 2.